The summed E-state index contributed by atoms with van der Waals surface area (Å²) in [5.41, 5.74) is 6.47. The number of nitrogens with zero attached hydrogens (tertiary/aromatic N) is 3. The van der Waals surface area contributed by atoms with Crippen LogP contribution in [-0.2, 0) is 22.7 Å². The first-order valence-corrected chi connectivity index (χ1v) is 17.3. The van der Waals surface area contributed by atoms with E-state index in [1.807, 2.05) is 23.6 Å². The number of nitrogens with one attached hydrogen (secondary N) is 1. The van der Waals surface area contributed by atoms with E-state index in [0.717, 1.165) is 29.4 Å². The van der Waals surface area contributed by atoms with Crippen LogP contribution < -0.4 is 10.2 Å². The Kier molecular flexibility index (Phi) is 13.4. The molecule has 0 unspecified atom stereocenters. The summed E-state index contributed by atoms with van der Waals surface area (Å²) in [5, 5.41) is 15.0. The van der Waals surface area contributed by atoms with Gasteiger partial charge < -0.3 is 15.3 Å². The maximum atomic E-state index is 12.6. The maximum absolute atomic E-state index is 12.6. The number of anilines is 2. The highest BCUT2D eigenvalue weighted by Crippen LogP contribution is 2.29. The molecule has 0 bridgehead atoms. The summed E-state index contributed by atoms with van der Waals surface area (Å²) in [6.45, 7) is 10.8. The zero-order valence-corrected chi connectivity index (χ0v) is 28.4. The van der Waals surface area contributed by atoms with E-state index >= 15 is 0 Å². The lowest BCUT2D eigenvalue weighted by Gasteiger charge is -2.28. The van der Waals surface area contributed by atoms with Gasteiger partial charge in [-0.1, -0.05) is 95.1 Å². The van der Waals surface area contributed by atoms with Crippen LogP contribution >= 0.6 is 11.3 Å². The van der Waals surface area contributed by atoms with E-state index in [4.69, 9.17) is 4.98 Å². The molecule has 1 heterocycles. The molecule has 0 aliphatic rings. The van der Waals surface area contributed by atoms with Crippen LogP contribution in [0.25, 0.3) is 11.3 Å². The monoisotopic (exact) mass is 640 g/mol. The summed E-state index contributed by atoms with van der Waals surface area (Å²) >= 11 is 1.47. The van der Waals surface area contributed by atoms with Crippen LogP contribution in [0.4, 0.5) is 11.4 Å². The molecule has 0 aliphatic heterocycles. The number of carbonyl (C=O) groups is 2. The second-order valence-electron chi connectivity index (χ2n) is 12.4. The molecular weight excluding hydrogens is 593 g/mol. The molecule has 0 atom stereocenters. The largest absolute Gasteiger partial charge is 0.480 e. The molecule has 244 valence electrons. The highest BCUT2D eigenvalue weighted by Gasteiger charge is 2.18. The van der Waals surface area contributed by atoms with Crippen molar-refractivity contribution in [1.82, 2.24) is 9.88 Å². The minimum Gasteiger partial charge on any atom is -0.480 e. The van der Waals surface area contributed by atoms with Crippen LogP contribution in [0.15, 0.2) is 84.2 Å². The number of carboxylic acid groups (broad SMARTS) is 1. The predicted molar refractivity (Wildman–Crippen MR) is 190 cm³/mol. The van der Waals surface area contributed by atoms with Gasteiger partial charge in [0.05, 0.1) is 25.3 Å². The molecule has 1 aromatic heterocycles. The van der Waals surface area contributed by atoms with Crippen LogP contribution in [0.1, 0.15) is 75.4 Å². The van der Waals surface area contributed by atoms with Gasteiger partial charge in [-0.3, -0.25) is 14.5 Å². The molecule has 4 rings (SSSR count). The lowest BCUT2D eigenvalue weighted by atomic mass is 9.90. The molecule has 8 heteroatoms. The molecule has 2 N–H and O–H groups in total. The molecule has 3 aromatic carbocycles. The van der Waals surface area contributed by atoms with Crippen LogP contribution in [0.2, 0.25) is 0 Å². The number of hydrogen-bond acceptors (Lipinski definition) is 6. The van der Waals surface area contributed by atoms with Gasteiger partial charge in [-0.2, -0.15) is 0 Å². The Bertz CT molecular complexity index is 1500. The topological polar surface area (TPSA) is 85.8 Å². The molecule has 7 nitrogen and oxygen atoms in total. The molecule has 46 heavy (non-hydrogen) atoms. The summed E-state index contributed by atoms with van der Waals surface area (Å²) < 4.78 is 0. The van der Waals surface area contributed by atoms with Gasteiger partial charge in [0.25, 0.3) is 0 Å². The van der Waals surface area contributed by atoms with Crippen LogP contribution in [-0.4, -0.2) is 46.5 Å². The number of carbonyl (C=O) groups excluding carboxylic acids is 1. The minimum atomic E-state index is -0.987. The van der Waals surface area contributed by atoms with Crippen molar-refractivity contribution in [2.45, 2.75) is 72.4 Å². The molecule has 0 spiro atoms. The van der Waals surface area contributed by atoms with Gasteiger partial charge in [-0.15, -0.1) is 11.3 Å². The summed E-state index contributed by atoms with van der Waals surface area (Å²) in [7, 11) is 0. The fourth-order valence-corrected chi connectivity index (χ4v) is 6.67. The maximum Gasteiger partial charge on any atom is 0.317 e. The summed E-state index contributed by atoms with van der Waals surface area (Å²) in [5.74, 6) is -0.0786. The average molecular weight is 641 g/mol. The summed E-state index contributed by atoms with van der Waals surface area (Å²) in [6, 6.07) is 26.9. The van der Waals surface area contributed by atoms with Crippen molar-refractivity contribution >= 4 is 34.6 Å². The smallest absolute Gasteiger partial charge is 0.317 e. The highest BCUT2D eigenvalue weighted by atomic mass is 32.1. The Morgan fingerprint density at radius 1 is 0.870 bits per heavy atom. The molecule has 4 aromatic rings. The third kappa shape index (κ3) is 10.8. The Morgan fingerprint density at radius 3 is 2.15 bits per heavy atom. The number of aliphatic carboxylic acids is 1. The molecule has 0 fully saturated rings. The second kappa shape index (κ2) is 17.6. The third-order valence-corrected chi connectivity index (χ3v) is 8.74. The number of thiazole rings is 1. The quantitative estimate of drug-likeness (QED) is 0.113. The second-order valence-corrected chi connectivity index (χ2v) is 13.4. The zero-order valence-electron chi connectivity index (χ0n) is 27.6. The minimum absolute atomic E-state index is 0.0432. The fourth-order valence-electron chi connectivity index (χ4n) is 5.83. The van der Waals surface area contributed by atoms with E-state index in [9.17, 15) is 14.7 Å². The normalized spacial score (nSPS) is 11.4. The van der Waals surface area contributed by atoms with E-state index in [-0.39, 0.29) is 25.5 Å². The first-order valence-electron chi connectivity index (χ1n) is 16.4. The lowest BCUT2D eigenvalue weighted by Crippen LogP contribution is -2.36. The number of rotatable bonds is 18. The highest BCUT2D eigenvalue weighted by molar-refractivity contribution is 7.09. The Morgan fingerprint density at radius 2 is 1.54 bits per heavy atom. The molecule has 0 aliphatic carbocycles. The van der Waals surface area contributed by atoms with Gasteiger partial charge in [-0.25, -0.2) is 4.98 Å². The van der Waals surface area contributed by atoms with Gasteiger partial charge in [0, 0.05) is 35.4 Å². The summed E-state index contributed by atoms with van der Waals surface area (Å²) in [4.78, 5) is 33.0. The predicted octanol–water partition coefficient (Wildman–Crippen LogP) is 8.68. The number of aromatic nitrogens is 1. The van der Waals surface area contributed by atoms with E-state index in [2.05, 4.69) is 86.4 Å². The van der Waals surface area contributed by atoms with Crippen molar-refractivity contribution in [3.05, 3.63) is 100 Å². The third-order valence-electron chi connectivity index (χ3n) is 7.91. The number of amides is 1. The molecular formula is C38H48N4O3S. The first kappa shape index (κ1) is 34.9. The van der Waals surface area contributed by atoms with Crippen LogP contribution in [0.3, 0.4) is 0 Å². The Hall–Kier alpha value is -4.01. The van der Waals surface area contributed by atoms with E-state index in [0.29, 0.717) is 17.5 Å². The molecule has 0 radical (unpaired) electrons. The van der Waals surface area contributed by atoms with Gasteiger partial charge in [0.1, 0.15) is 5.01 Å². The van der Waals surface area contributed by atoms with E-state index in [1.165, 1.54) is 53.8 Å². The van der Waals surface area contributed by atoms with Crippen molar-refractivity contribution in [2.24, 2.45) is 5.92 Å². The van der Waals surface area contributed by atoms with Crippen molar-refractivity contribution in [3.63, 3.8) is 0 Å². The molecule has 0 saturated carbocycles. The van der Waals surface area contributed by atoms with Crippen molar-refractivity contribution < 1.29 is 14.7 Å². The average Bonchev–Trinajstić information content (AvgIpc) is 3.49. The van der Waals surface area contributed by atoms with Gasteiger partial charge in [0.15, 0.2) is 0 Å². The SMILES string of the molecule is CCCC(CCC)c1ccc(N(Cc2ccc(-c3csc(CN(CC(=O)O)CC(=O)Nc4ccccc4)n3)cc2)CC(C)C)cc1. The number of benzene rings is 3. The fraction of sp³-hybridized carbons (Fsp3) is 0.395. The van der Waals surface area contributed by atoms with Crippen molar-refractivity contribution in [2.75, 3.05) is 29.9 Å². The van der Waals surface area contributed by atoms with Crippen molar-refractivity contribution in [3.8, 4) is 11.3 Å². The Labute approximate surface area is 278 Å². The molecule has 0 saturated heterocycles. The first-order chi connectivity index (χ1) is 22.2. The zero-order chi connectivity index (χ0) is 32.9. The van der Waals surface area contributed by atoms with Crippen LogP contribution in [0.5, 0.6) is 0 Å². The number of para-hydroxylation sites is 1. The van der Waals surface area contributed by atoms with Gasteiger partial charge >= 0.3 is 5.97 Å². The van der Waals surface area contributed by atoms with Gasteiger partial charge in [-0.05, 0) is 60.1 Å². The lowest BCUT2D eigenvalue weighted by molar-refractivity contribution is -0.138. The van der Waals surface area contributed by atoms with Gasteiger partial charge in [0.2, 0.25) is 5.91 Å². The standard InChI is InChI=1S/C38H48N4O3S/c1-5-10-30(11-6-2)31-18-20-34(21-19-31)42(22-28(3)4)23-29-14-16-32(17-15-29)35-27-46-37(40-35)25-41(26-38(44)45)24-36(43)39-33-12-8-7-9-13-33/h7-9,12-21,27-28,30H,5-6,10-11,22-26H2,1-4H3,(H,39,43)(H,44,45). The van der Waals surface area contributed by atoms with E-state index < -0.39 is 5.97 Å². The molecule has 1 amide bonds. The summed E-state index contributed by atoms with van der Waals surface area (Å²) in [6.07, 6.45) is 4.90. The number of carboxylic acids is 1. The van der Waals surface area contributed by atoms with Crippen LogP contribution in [0, 0.1) is 5.92 Å². The number of hydrogen-bond donors (Lipinski definition) is 2. The van der Waals surface area contributed by atoms with E-state index in [1.54, 1.807) is 17.0 Å². The van der Waals surface area contributed by atoms with Crippen molar-refractivity contribution in [1.29, 1.82) is 0 Å². The Balaban J connectivity index is 1.40.